The van der Waals surface area contributed by atoms with Crippen molar-refractivity contribution in [3.8, 4) is 0 Å². The van der Waals surface area contributed by atoms with Crippen molar-refractivity contribution in [1.29, 1.82) is 0 Å². The zero-order valence-electron chi connectivity index (χ0n) is 10.6. The molecule has 0 spiro atoms. The molecule has 2 bridgehead atoms. The monoisotopic (exact) mass is 391 g/mol. The quantitative estimate of drug-likeness (QED) is 0.727. The summed E-state index contributed by atoms with van der Waals surface area (Å²) in [5.74, 6) is 3.02. The largest absolute Gasteiger partial charge is 0.313 e. The molecule has 1 N–H and O–H groups in total. The van der Waals surface area contributed by atoms with Gasteiger partial charge >= 0.3 is 0 Å². The molecule has 4 atom stereocenters. The van der Waals surface area contributed by atoms with E-state index in [0.717, 1.165) is 17.8 Å². The van der Waals surface area contributed by atoms with Gasteiger partial charge in [0.15, 0.2) is 0 Å². The second kappa shape index (κ2) is 5.55. The van der Waals surface area contributed by atoms with Gasteiger partial charge in [-0.3, -0.25) is 0 Å². The van der Waals surface area contributed by atoms with Crippen LogP contribution < -0.4 is 5.32 Å². The lowest BCUT2D eigenvalue weighted by molar-refractivity contribution is 0.284. The number of rotatable bonds is 4. The molecule has 1 aromatic rings. The number of hydrogen-bond acceptors (Lipinski definition) is 2. The minimum absolute atomic E-state index is 0.506. The van der Waals surface area contributed by atoms with Crippen molar-refractivity contribution in [3.05, 3.63) is 19.2 Å². The van der Waals surface area contributed by atoms with Crippen molar-refractivity contribution >= 4 is 43.2 Å². The fraction of sp³-hybridized carbons (Fsp3) is 0.714. The first-order valence-electron chi connectivity index (χ1n) is 6.79. The number of nitrogens with one attached hydrogen (secondary N) is 1. The number of halogens is 2. The second-order valence-electron chi connectivity index (χ2n) is 5.79. The van der Waals surface area contributed by atoms with E-state index in [1.807, 2.05) is 0 Å². The first-order valence-corrected chi connectivity index (χ1v) is 9.19. The van der Waals surface area contributed by atoms with Crippen LogP contribution in [0.25, 0.3) is 0 Å². The van der Waals surface area contributed by atoms with Gasteiger partial charge in [-0.15, -0.1) is 11.3 Å². The lowest BCUT2D eigenvalue weighted by Crippen LogP contribution is -2.22. The molecule has 0 aliphatic heterocycles. The highest BCUT2D eigenvalue weighted by molar-refractivity contribution is 9.12. The Morgan fingerprint density at radius 3 is 2.72 bits per heavy atom. The molecule has 0 radical (unpaired) electrons. The van der Waals surface area contributed by atoms with Crippen molar-refractivity contribution in [1.82, 2.24) is 5.32 Å². The first-order chi connectivity index (χ1) is 8.67. The average molecular weight is 393 g/mol. The Kier molecular flexibility index (Phi) is 4.19. The third kappa shape index (κ3) is 2.58. The van der Waals surface area contributed by atoms with Gasteiger partial charge in [0.05, 0.1) is 7.57 Å². The third-order valence-electron chi connectivity index (χ3n) is 4.83. The van der Waals surface area contributed by atoms with Crippen LogP contribution >= 0.6 is 43.2 Å². The molecule has 100 valence electrons. The summed E-state index contributed by atoms with van der Waals surface area (Å²) in [6.45, 7) is 0. The molecule has 1 aromatic heterocycles. The van der Waals surface area contributed by atoms with Crippen LogP contribution in [0, 0.1) is 17.8 Å². The first kappa shape index (κ1) is 13.6. The molecule has 18 heavy (non-hydrogen) atoms. The second-order valence-corrected chi connectivity index (χ2v) is 9.54. The average Bonchev–Trinajstić information content (AvgIpc) is 3.01. The minimum Gasteiger partial charge on any atom is -0.313 e. The van der Waals surface area contributed by atoms with Crippen LogP contribution in [0.5, 0.6) is 0 Å². The van der Waals surface area contributed by atoms with Gasteiger partial charge < -0.3 is 5.32 Å². The summed E-state index contributed by atoms with van der Waals surface area (Å²) in [5.41, 5.74) is 1.43. The predicted octanol–water partition coefficient (Wildman–Crippen LogP) is 5.36. The van der Waals surface area contributed by atoms with Gasteiger partial charge in [-0.1, -0.05) is 6.42 Å². The molecular formula is C14H19Br2NS. The van der Waals surface area contributed by atoms with Gasteiger partial charge in [-0.2, -0.15) is 0 Å². The van der Waals surface area contributed by atoms with Crippen LogP contribution in [0.15, 0.2) is 13.6 Å². The summed E-state index contributed by atoms with van der Waals surface area (Å²) in [4.78, 5) is 0. The van der Waals surface area contributed by atoms with E-state index in [2.05, 4.69) is 50.3 Å². The van der Waals surface area contributed by atoms with Crippen molar-refractivity contribution < 1.29 is 0 Å². The van der Waals surface area contributed by atoms with Crippen LogP contribution in [0.4, 0.5) is 0 Å². The highest BCUT2D eigenvalue weighted by Crippen LogP contribution is 2.51. The van der Waals surface area contributed by atoms with E-state index < -0.39 is 0 Å². The molecule has 2 aliphatic rings. The summed E-state index contributed by atoms with van der Waals surface area (Å²) in [7, 11) is 2.09. The molecule has 0 amide bonds. The third-order valence-corrected chi connectivity index (χ3v) is 7.22. The van der Waals surface area contributed by atoms with Gasteiger partial charge in [-0.25, -0.2) is 0 Å². The Morgan fingerprint density at radius 1 is 1.39 bits per heavy atom. The molecule has 1 nitrogen and oxygen atoms in total. The Morgan fingerprint density at radius 2 is 2.22 bits per heavy atom. The van der Waals surface area contributed by atoms with E-state index in [1.54, 1.807) is 11.3 Å². The standard InChI is InChI=1S/C14H19Br2NS/c1-17-12(11-7-13(15)18-14(11)16)6-10-5-8-2-3-9(10)4-8/h7-10,12,17H,2-6H2,1H3. The summed E-state index contributed by atoms with van der Waals surface area (Å²) < 4.78 is 2.49. The van der Waals surface area contributed by atoms with Crippen molar-refractivity contribution in [2.75, 3.05) is 7.05 Å². The topological polar surface area (TPSA) is 12.0 Å². The van der Waals surface area contributed by atoms with Gasteiger partial charge in [-0.05, 0) is 94.0 Å². The fourth-order valence-electron chi connectivity index (χ4n) is 3.96. The number of hydrogen-bond donors (Lipinski definition) is 1. The van der Waals surface area contributed by atoms with Gasteiger partial charge in [0, 0.05) is 6.04 Å². The van der Waals surface area contributed by atoms with Crippen LogP contribution in [0.3, 0.4) is 0 Å². The summed E-state index contributed by atoms with van der Waals surface area (Å²) >= 11 is 9.06. The van der Waals surface area contributed by atoms with E-state index in [1.165, 1.54) is 45.2 Å². The smallest absolute Gasteiger partial charge is 0.0758 e. The number of thiophene rings is 1. The normalized spacial score (nSPS) is 32.1. The molecule has 0 aromatic carbocycles. The van der Waals surface area contributed by atoms with E-state index in [-0.39, 0.29) is 0 Å². The Hall–Kier alpha value is 0.620. The molecule has 3 rings (SSSR count). The molecule has 1 heterocycles. The van der Waals surface area contributed by atoms with Gasteiger partial charge in [0.25, 0.3) is 0 Å². The highest BCUT2D eigenvalue weighted by atomic mass is 79.9. The van der Waals surface area contributed by atoms with E-state index >= 15 is 0 Å². The van der Waals surface area contributed by atoms with Crippen LogP contribution in [-0.2, 0) is 0 Å². The van der Waals surface area contributed by atoms with E-state index in [4.69, 9.17) is 0 Å². The maximum atomic E-state index is 3.70. The molecule has 4 unspecified atom stereocenters. The molecule has 4 heteroatoms. The molecule has 2 saturated carbocycles. The summed E-state index contributed by atoms with van der Waals surface area (Å²) in [5, 5.41) is 3.51. The van der Waals surface area contributed by atoms with Crippen LogP contribution in [0.1, 0.15) is 43.7 Å². The van der Waals surface area contributed by atoms with Crippen molar-refractivity contribution in [2.45, 2.75) is 38.1 Å². The molecule has 0 saturated heterocycles. The van der Waals surface area contributed by atoms with Crippen LogP contribution in [-0.4, -0.2) is 7.05 Å². The Bertz CT molecular complexity index is 431. The van der Waals surface area contributed by atoms with E-state index in [0.29, 0.717) is 6.04 Å². The van der Waals surface area contributed by atoms with Crippen LogP contribution in [0.2, 0.25) is 0 Å². The van der Waals surface area contributed by atoms with Crippen molar-refractivity contribution in [3.63, 3.8) is 0 Å². The SMILES string of the molecule is CNC(CC1CC2CCC1C2)c1cc(Br)sc1Br. The Balaban J connectivity index is 1.71. The number of fused-ring (bicyclic) bond motifs is 2. The molecule has 2 aliphatic carbocycles. The summed E-state index contributed by atoms with van der Waals surface area (Å²) in [6.07, 6.45) is 7.28. The Labute approximate surface area is 130 Å². The fourth-order valence-corrected chi connectivity index (χ4v) is 6.93. The van der Waals surface area contributed by atoms with E-state index in [9.17, 15) is 0 Å². The lowest BCUT2D eigenvalue weighted by Gasteiger charge is -2.26. The lowest BCUT2D eigenvalue weighted by atomic mass is 9.83. The highest BCUT2D eigenvalue weighted by Gasteiger charge is 2.40. The zero-order chi connectivity index (χ0) is 12.7. The van der Waals surface area contributed by atoms with Gasteiger partial charge in [0.2, 0.25) is 0 Å². The van der Waals surface area contributed by atoms with Gasteiger partial charge in [0.1, 0.15) is 0 Å². The summed E-state index contributed by atoms with van der Waals surface area (Å²) in [6, 6.07) is 2.77. The maximum absolute atomic E-state index is 3.70. The predicted molar refractivity (Wildman–Crippen MR) is 85.1 cm³/mol. The maximum Gasteiger partial charge on any atom is 0.0758 e. The minimum atomic E-state index is 0.506. The molecular weight excluding hydrogens is 374 g/mol. The van der Waals surface area contributed by atoms with Crippen molar-refractivity contribution in [2.24, 2.45) is 17.8 Å². The molecule has 2 fully saturated rings. The zero-order valence-corrected chi connectivity index (χ0v) is 14.6.